The molecule has 0 saturated carbocycles. The van der Waals surface area contributed by atoms with Crippen LogP contribution in [-0.4, -0.2) is 15.0 Å². The summed E-state index contributed by atoms with van der Waals surface area (Å²) < 4.78 is 19.3. The molecule has 0 aliphatic heterocycles. The van der Waals surface area contributed by atoms with E-state index >= 15 is 0 Å². The molecule has 0 unspecified atom stereocenters. The quantitative estimate of drug-likeness (QED) is 0.436. The van der Waals surface area contributed by atoms with Crippen LogP contribution in [0.5, 0.6) is 11.5 Å². The summed E-state index contributed by atoms with van der Waals surface area (Å²) in [5.41, 5.74) is 0.959. The van der Waals surface area contributed by atoms with Crippen molar-refractivity contribution >= 4 is 50.7 Å². The molecule has 0 aliphatic carbocycles. The molecule has 2 N–H and O–H groups in total. The molecule has 0 saturated heterocycles. The van der Waals surface area contributed by atoms with Crippen LogP contribution in [-0.2, 0) is 0 Å². The number of anilines is 2. The first-order chi connectivity index (χ1) is 13.1. The van der Waals surface area contributed by atoms with E-state index in [4.69, 9.17) is 4.74 Å². The molecule has 0 radical (unpaired) electrons. The van der Waals surface area contributed by atoms with E-state index in [2.05, 4.69) is 36.2 Å². The highest BCUT2D eigenvalue weighted by molar-refractivity contribution is 9.10. The minimum Gasteiger partial charge on any atom is -0.457 e. The lowest BCUT2D eigenvalue weighted by Gasteiger charge is -2.10. The van der Waals surface area contributed by atoms with Crippen molar-refractivity contribution in [1.82, 2.24) is 15.0 Å². The summed E-state index contributed by atoms with van der Waals surface area (Å²) in [5.74, 6) is 1.21. The minimum absolute atomic E-state index is 0. The van der Waals surface area contributed by atoms with E-state index in [1.54, 1.807) is 42.6 Å². The van der Waals surface area contributed by atoms with Gasteiger partial charge in [-0.2, -0.15) is 0 Å². The van der Waals surface area contributed by atoms with Crippen LogP contribution in [0.4, 0.5) is 15.9 Å². The fourth-order valence-corrected chi connectivity index (χ4v) is 2.94. The van der Waals surface area contributed by atoms with Crippen molar-refractivity contribution in [2.75, 3.05) is 5.32 Å². The molecule has 2 aromatic heterocycles. The number of H-pyrrole nitrogens is 1. The van der Waals surface area contributed by atoms with Gasteiger partial charge in [-0.15, -0.1) is 12.4 Å². The van der Waals surface area contributed by atoms with Gasteiger partial charge < -0.3 is 15.0 Å². The van der Waals surface area contributed by atoms with Gasteiger partial charge in [-0.3, -0.25) is 4.79 Å². The molecule has 0 atom stereocenters. The van der Waals surface area contributed by atoms with Gasteiger partial charge in [0.05, 0.1) is 9.99 Å². The van der Waals surface area contributed by atoms with Gasteiger partial charge in [0, 0.05) is 11.9 Å². The van der Waals surface area contributed by atoms with E-state index in [1.165, 1.54) is 18.5 Å². The summed E-state index contributed by atoms with van der Waals surface area (Å²) in [6.07, 6.45) is 2.93. The number of hydrogen-bond donors (Lipinski definition) is 2. The van der Waals surface area contributed by atoms with Gasteiger partial charge >= 0.3 is 0 Å². The number of benzene rings is 2. The molecule has 142 valence electrons. The first-order valence-electron chi connectivity index (χ1n) is 7.92. The number of pyridine rings is 1. The van der Waals surface area contributed by atoms with E-state index in [-0.39, 0.29) is 23.8 Å². The van der Waals surface area contributed by atoms with Gasteiger partial charge in [0.1, 0.15) is 34.8 Å². The molecule has 0 bridgehead atoms. The van der Waals surface area contributed by atoms with Gasteiger partial charge in [0.15, 0.2) is 0 Å². The van der Waals surface area contributed by atoms with Crippen molar-refractivity contribution in [3.8, 4) is 11.5 Å². The van der Waals surface area contributed by atoms with E-state index < -0.39 is 0 Å². The van der Waals surface area contributed by atoms with Crippen LogP contribution in [0.25, 0.3) is 10.9 Å². The number of rotatable bonds is 4. The maximum atomic E-state index is 12.9. The molecule has 2 heterocycles. The van der Waals surface area contributed by atoms with Crippen molar-refractivity contribution < 1.29 is 9.13 Å². The third-order valence-corrected chi connectivity index (χ3v) is 4.40. The largest absolute Gasteiger partial charge is 0.457 e. The SMILES string of the molecule is Cl.O=c1[nH]cc(Br)c2ncnc(Nc3ccc(Oc4ccc(F)cc4)cc3)c12. The van der Waals surface area contributed by atoms with Crippen LogP contribution in [0.15, 0.2) is 70.3 Å². The Balaban J connectivity index is 0.00000225. The third-order valence-electron chi connectivity index (χ3n) is 3.80. The van der Waals surface area contributed by atoms with Gasteiger partial charge in [-0.05, 0) is 64.5 Å². The molecular weight excluding hydrogens is 451 g/mol. The zero-order valence-electron chi connectivity index (χ0n) is 14.1. The number of ether oxygens (including phenoxy) is 1. The van der Waals surface area contributed by atoms with Crippen LogP contribution in [0.1, 0.15) is 0 Å². The number of nitrogens with one attached hydrogen (secondary N) is 2. The average Bonchev–Trinajstić information content (AvgIpc) is 2.68. The first kappa shape index (κ1) is 19.8. The van der Waals surface area contributed by atoms with E-state index in [0.29, 0.717) is 32.7 Å². The van der Waals surface area contributed by atoms with Crippen molar-refractivity contribution in [2.45, 2.75) is 0 Å². The lowest BCUT2D eigenvalue weighted by atomic mass is 10.2. The number of aromatic nitrogens is 3. The Bertz CT molecular complexity index is 1170. The highest BCUT2D eigenvalue weighted by atomic mass is 79.9. The number of nitrogens with zero attached hydrogens (tertiary/aromatic N) is 2. The highest BCUT2D eigenvalue weighted by Gasteiger charge is 2.11. The Morgan fingerprint density at radius 3 is 2.32 bits per heavy atom. The Hall–Kier alpha value is -2.97. The van der Waals surface area contributed by atoms with Gasteiger partial charge in [0.2, 0.25) is 0 Å². The van der Waals surface area contributed by atoms with Crippen LogP contribution >= 0.6 is 28.3 Å². The fraction of sp³-hybridized carbons (Fsp3) is 0. The number of fused-ring (bicyclic) bond motifs is 1. The van der Waals surface area contributed by atoms with Crippen molar-refractivity contribution in [2.24, 2.45) is 0 Å². The second-order valence-corrected chi connectivity index (χ2v) is 6.47. The molecule has 2 aromatic carbocycles. The standard InChI is InChI=1S/C19H12BrFN4O2.ClH/c20-15-9-22-19(26)16-17(15)23-10-24-18(16)25-12-3-7-14(8-4-12)27-13-5-1-11(21)2-6-13;/h1-10H,(H,22,26)(H,23,24,25);1H. The Labute approximate surface area is 173 Å². The molecule has 4 aromatic rings. The smallest absolute Gasteiger partial charge is 0.261 e. The highest BCUT2D eigenvalue weighted by Crippen LogP contribution is 2.27. The molecular formula is C19H13BrClFN4O2. The summed E-state index contributed by atoms with van der Waals surface area (Å²) in [6, 6.07) is 12.9. The van der Waals surface area contributed by atoms with Gasteiger partial charge in [0.25, 0.3) is 5.56 Å². The lowest BCUT2D eigenvalue weighted by molar-refractivity contribution is 0.480. The van der Waals surface area contributed by atoms with E-state index in [1.807, 2.05) is 0 Å². The summed E-state index contributed by atoms with van der Waals surface area (Å²) in [7, 11) is 0. The number of aromatic amines is 1. The molecule has 9 heteroatoms. The summed E-state index contributed by atoms with van der Waals surface area (Å²) >= 11 is 3.37. The van der Waals surface area contributed by atoms with E-state index in [0.717, 1.165) is 5.69 Å². The Kier molecular flexibility index (Phi) is 5.91. The van der Waals surface area contributed by atoms with E-state index in [9.17, 15) is 9.18 Å². The molecule has 0 aliphatic rings. The Morgan fingerprint density at radius 1 is 1.00 bits per heavy atom. The topological polar surface area (TPSA) is 79.9 Å². The zero-order valence-corrected chi connectivity index (χ0v) is 16.6. The first-order valence-corrected chi connectivity index (χ1v) is 8.72. The Morgan fingerprint density at radius 2 is 1.64 bits per heavy atom. The molecule has 6 nitrogen and oxygen atoms in total. The maximum Gasteiger partial charge on any atom is 0.261 e. The summed E-state index contributed by atoms with van der Waals surface area (Å²) in [4.78, 5) is 23.1. The predicted octanol–water partition coefficient (Wildman–Crippen LogP) is 5.18. The van der Waals surface area contributed by atoms with Gasteiger partial charge in [-0.25, -0.2) is 14.4 Å². The van der Waals surface area contributed by atoms with Crippen LogP contribution in [0, 0.1) is 5.82 Å². The van der Waals surface area contributed by atoms with Crippen LogP contribution in [0.2, 0.25) is 0 Å². The molecule has 0 amide bonds. The monoisotopic (exact) mass is 462 g/mol. The van der Waals surface area contributed by atoms with Crippen molar-refractivity contribution in [3.05, 3.63) is 81.7 Å². The van der Waals surface area contributed by atoms with Gasteiger partial charge in [-0.1, -0.05) is 0 Å². The third kappa shape index (κ3) is 4.13. The van der Waals surface area contributed by atoms with Crippen LogP contribution in [0.3, 0.4) is 0 Å². The molecule has 28 heavy (non-hydrogen) atoms. The predicted molar refractivity (Wildman–Crippen MR) is 111 cm³/mol. The second kappa shape index (κ2) is 8.37. The minimum atomic E-state index is -0.319. The second-order valence-electron chi connectivity index (χ2n) is 5.62. The normalized spacial score (nSPS) is 10.4. The lowest BCUT2D eigenvalue weighted by Crippen LogP contribution is -2.10. The van der Waals surface area contributed by atoms with Crippen molar-refractivity contribution in [3.63, 3.8) is 0 Å². The molecule has 4 rings (SSSR count). The number of halogens is 3. The van der Waals surface area contributed by atoms with Crippen molar-refractivity contribution in [1.29, 1.82) is 0 Å². The zero-order chi connectivity index (χ0) is 18.8. The molecule has 0 fully saturated rings. The fourth-order valence-electron chi connectivity index (χ4n) is 2.53. The molecule has 0 spiro atoms. The maximum absolute atomic E-state index is 12.9. The summed E-state index contributed by atoms with van der Waals surface area (Å²) in [5, 5.41) is 3.48. The van der Waals surface area contributed by atoms with Crippen LogP contribution < -0.4 is 15.6 Å². The number of hydrogen-bond acceptors (Lipinski definition) is 5. The average molecular weight is 464 g/mol. The summed E-state index contributed by atoms with van der Waals surface area (Å²) in [6.45, 7) is 0.